The van der Waals surface area contributed by atoms with Gasteiger partial charge in [-0.1, -0.05) is 43.7 Å². The summed E-state index contributed by atoms with van der Waals surface area (Å²) < 4.78 is 39.0. The number of ether oxygens (including phenoxy) is 6. The largest absolute Gasteiger partial charge is 0.479 e. The van der Waals surface area contributed by atoms with Crippen LogP contribution in [0.15, 0.2) is 104 Å². The van der Waals surface area contributed by atoms with Crippen molar-refractivity contribution in [1.29, 1.82) is 0 Å². The molecule has 5 aliphatic carbocycles. The second-order valence-electron chi connectivity index (χ2n) is 27.7. The van der Waals surface area contributed by atoms with Crippen molar-refractivity contribution in [2.45, 2.75) is 206 Å². The molecule has 13 rings (SSSR count). The van der Waals surface area contributed by atoms with Gasteiger partial charge in [0.1, 0.15) is 66.2 Å². The number of likely N-dealkylation sites (N-methyl/N-ethyl adjacent to an activating group) is 1. The normalized spacial score (nSPS) is 36.1. The van der Waals surface area contributed by atoms with E-state index in [1.54, 1.807) is 6.92 Å². The standard InChI is InChI=1S/C67H85Cl2N9O23/c1-24(2)12-37(72-5)59(87)77-50-52(82)27-7-10-40(35(68)14-27)97-42-16-29-17-43(56(42)101-65-57(55(85)54(84)44(23-79)99-65)100-46-21-66(4,71)58(86)25(3)96-46)98-41-11-8-28(15-36(41)69)53(83)51-63(91)76-49(64(92)93)32-18-30(80)19-34-47(32)31-13-26(6-9-33(31)67(34,94)95)48(61(89)78-51)73-22-39(29)75-60(88)38(20-45(70)81)74-62(50)90/h6,8-9,11,14,16-18,24-25,30-31,36-39,44,46,48-55,57-58,65,72-73,79-80,82-86,94-95H,7,10,12-13,15,19-23,71H2,1-5H3,(H2,70,81)(H,74,90)(H,75,88)(H,76,91)(H,77,87)(H,78,89)(H,92,93)/t25-,30?,31?,36?,37+,38-,39-,44?,46-,48?,49-,50+,51-,52+,53+,54?,55-,57?,58+,65+,66?/m0/s1. The summed E-state index contributed by atoms with van der Waals surface area (Å²) in [4.78, 5) is 101. The van der Waals surface area contributed by atoms with Crippen LogP contribution in [0.4, 0.5) is 0 Å². The van der Waals surface area contributed by atoms with Crippen LogP contribution in [0.2, 0.25) is 0 Å². The highest BCUT2D eigenvalue weighted by Gasteiger charge is 2.55. The summed E-state index contributed by atoms with van der Waals surface area (Å²) in [5.74, 6) is -13.5. The number of aliphatic hydroxyl groups excluding tert-OH is 7. The predicted molar refractivity (Wildman–Crippen MR) is 352 cm³/mol. The third kappa shape index (κ3) is 15.3. The van der Waals surface area contributed by atoms with E-state index in [2.05, 4.69) is 37.2 Å². The van der Waals surface area contributed by atoms with Crippen molar-refractivity contribution < 1.29 is 113 Å². The first kappa shape index (κ1) is 75.0. The molecule has 0 saturated carbocycles. The maximum absolute atomic E-state index is 15.5. The molecule has 3 fully saturated rings. The van der Waals surface area contributed by atoms with Gasteiger partial charge in [0, 0.05) is 42.8 Å². The average molecular weight is 1460 g/mol. The van der Waals surface area contributed by atoms with Crippen molar-refractivity contribution in [2.24, 2.45) is 23.3 Å². The fourth-order valence-corrected chi connectivity index (χ4v) is 15.2. The van der Waals surface area contributed by atoms with Crippen molar-refractivity contribution in [1.82, 2.24) is 37.2 Å². The van der Waals surface area contributed by atoms with Gasteiger partial charge < -0.3 is 128 Å². The summed E-state index contributed by atoms with van der Waals surface area (Å²) in [7, 11) is 1.52. The van der Waals surface area contributed by atoms with Gasteiger partial charge in [0.15, 0.2) is 29.9 Å². The van der Waals surface area contributed by atoms with Crippen molar-refractivity contribution in [3.63, 3.8) is 0 Å². The highest BCUT2D eigenvalue weighted by atomic mass is 35.5. The maximum atomic E-state index is 15.5. The molecular weight excluding hydrogens is 1370 g/mol. The van der Waals surface area contributed by atoms with E-state index in [4.69, 9.17) is 63.1 Å². The summed E-state index contributed by atoms with van der Waals surface area (Å²) >= 11 is 14.4. The molecule has 21 atom stereocenters. The highest BCUT2D eigenvalue weighted by molar-refractivity contribution is 6.31. The molecule has 21 N–H and O–H groups in total. The zero-order valence-corrected chi connectivity index (χ0v) is 57.0. The van der Waals surface area contributed by atoms with Gasteiger partial charge >= 0.3 is 5.97 Å². The number of carbonyl (C=O) groups excluding carboxylic acids is 6. The molecule has 3 saturated heterocycles. The van der Waals surface area contributed by atoms with Crippen molar-refractivity contribution in [3.8, 4) is 17.2 Å². The Kier molecular flexibility index (Phi) is 22.2. The number of carboxylic acids is 1. The molecule has 1 aromatic carbocycles. The molecule has 11 bridgehead atoms. The maximum Gasteiger partial charge on any atom is 0.330 e. The number of carbonyl (C=O) groups is 7. The number of hydrogen-bond donors (Lipinski definition) is 19. The second kappa shape index (κ2) is 29.9. The van der Waals surface area contributed by atoms with Crippen LogP contribution in [-0.4, -0.2) is 233 Å². The fraction of sp³-hybridized carbons (Fsp3) is 0.567. The molecule has 7 aliphatic heterocycles. The van der Waals surface area contributed by atoms with Crippen LogP contribution in [-0.2, 0) is 47.8 Å². The molecule has 1 aromatic rings. The number of aliphatic hydroxyl groups is 9. The van der Waals surface area contributed by atoms with Crippen LogP contribution in [0.3, 0.4) is 0 Å². The van der Waals surface area contributed by atoms with Crippen LogP contribution in [0.1, 0.15) is 90.7 Å². The Bertz CT molecular complexity index is 3780. The number of primary amides is 1. The van der Waals surface area contributed by atoms with E-state index >= 15 is 9.59 Å². The summed E-state index contributed by atoms with van der Waals surface area (Å²) in [6.07, 6.45) is -12.4. The third-order valence-corrected chi connectivity index (χ3v) is 20.6. The molecule has 34 heteroatoms. The van der Waals surface area contributed by atoms with Crippen LogP contribution in [0.5, 0.6) is 17.2 Å². The molecule has 550 valence electrons. The van der Waals surface area contributed by atoms with Gasteiger partial charge in [-0.2, -0.15) is 0 Å². The van der Waals surface area contributed by atoms with Gasteiger partial charge in [-0.3, -0.25) is 28.8 Å². The molecule has 6 amide bonds. The van der Waals surface area contributed by atoms with E-state index in [-0.39, 0.29) is 123 Å². The Morgan fingerprint density at radius 2 is 1.56 bits per heavy atom. The van der Waals surface area contributed by atoms with Crippen LogP contribution in [0.25, 0.3) is 0 Å². The van der Waals surface area contributed by atoms with E-state index in [9.17, 15) is 75.0 Å². The van der Waals surface area contributed by atoms with Gasteiger partial charge in [0.25, 0.3) is 0 Å². The monoisotopic (exact) mass is 1450 g/mol. The topological polar surface area (TPSA) is 513 Å². The zero-order chi connectivity index (χ0) is 73.2. The molecular formula is C67H85Cl2N9O23. The Labute approximate surface area is 588 Å². The molecule has 101 heavy (non-hydrogen) atoms. The highest BCUT2D eigenvalue weighted by Crippen LogP contribution is 2.54. The first-order valence-corrected chi connectivity index (χ1v) is 34.0. The number of allylic oxidation sites excluding steroid dienone is 8. The lowest BCUT2D eigenvalue weighted by atomic mass is 9.77. The molecule has 12 aliphatic rings. The number of rotatable bonds is 13. The minimum atomic E-state index is -2.79. The molecule has 32 nitrogen and oxygen atoms in total. The van der Waals surface area contributed by atoms with Gasteiger partial charge in [0.05, 0.1) is 53.8 Å². The third-order valence-electron chi connectivity index (χ3n) is 19.9. The first-order valence-electron chi connectivity index (χ1n) is 33.2. The Hall–Kier alpha value is -7.19. The van der Waals surface area contributed by atoms with Crippen molar-refractivity contribution >= 4 is 64.6 Å². The molecule has 0 spiro atoms. The summed E-state index contributed by atoms with van der Waals surface area (Å²) in [5, 5.41) is 133. The van der Waals surface area contributed by atoms with Gasteiger partial charge in [-0.25, -0.2) is 4.79 Å². The number of carboxylic acid groups (broad SMARTS) is 1. The van der Waals surface area contributed by atoms with Gasteiger partial charge in [0.2, 0.25) is 53.3 Å². The van der Waals surface area contributed by atoms with Gasteiger partial charge in [-0.05, 0) is 122 Å². The summed E-state index contributed by atoms with van der Waals surface area (Å²) in [6, 6.07) is -9.50. The Morgan fingerprint density at radius 3 is 2.22 bits per heavy atom. The second-order valence-corrected chi connectivity index (χ2v) is 28.6. The van der Waals surface area contributed by atoms with E-state index < -0.39 is 199 Å². The number of hydrogen-bond acceptors (Lipinski definition) is 25. The Balaban J connectivity index is 1.12. The smallest absolute Gasteiger partial charge is 0.330 e. The molecule has 7 heterocycles. The zero-order valence-electron chi connectivity index (χ0n) is 55.5. The number of fused-ring (bicyclic) bond motifs is 12. The van der Waals surface area contributed by atoms with E-state index in [1.807, 2.05) is 13.8 Å². The van der Waals surface area contributed by atoms with Crippen LogP contribution in [0, 0.1) is 11.8 Å². The number of nitrogens with one attached hydrogen (secondary N) is 7. The number of amides is 6. The lowest BCUT2D eigenvalue weighted by molar-refractivity contribution is -0.333. The number of halogens is 2. The predicted octanol–water partition coefficient (Wildman–Crippen LogP) is -3.18. The number of aliphatic carboxylic acids is 1. The van der Waals surface area contributed by atoms with Crippen molar-refractivity contribution in [3.05, 3.63) is 110 Å². The van der Waals surface area contributed by atoms with E-state index in [0.717, 1.165) is 0 Å². The van der Waals surface area contributed by atoms with Gasteiger partial charge in [-0.15, -0.1) is 11.6 Å². The Morgan fingerprint density at radius 1 is 0.851 bits per heavy atom. The van der Waals surface area contributed by atoms with Crippen LogP contribution >= 0.6 is 23.2 Å². The van der Waals surface area contributed by atoms with Crippen LogP contribution < -0.4 is 62.9 Å². The number of nitrogens with two attached hydrogens (primary N) is 2. The quantitative estimate of drug-likeness (QED) is 0.0684. The lowest BCUT2D eigenvalue weighted by Gasteiger charge is -2.47. The molecule has 0 radical (unpaired) electrons. The molecule has 0 aromatic heterocycles. The fourth-order valence-electron chi connectivity index (χ4n) is 14.6. The lowest BCUT2D eigenvalue weighted by Crippen LogP contribution is -2.64. The average Bonchev–Trinajstić information content (AvgIpc) is 1.57. The SMILES string of the molecule is CN[C@H](CC(C)C)C(=O)N[C@H]1C(=O)N[C@@H](CC(N)=O)C(=O)N[C@H]2CNC3C(=O)N[C@H](C(=O)N[C@H](C(=O)O)C4=CC(O)CC5=C4C4CC3=CC=C4C5(O)O)[C@H](O)C3=CC=C(Oc4cc2cc(c4O[C@H]2OC(CO)C(O)[C@H](O)C2O[C@H]2CC(C)(N)[C@H](O)[C@H](C)O2)OC2=C(Cl)C=C(CC2)[C@H]1O)C(Cl)C3. The number of alkyl halides is 1. The van der Waals surface area contributed by atoms with Crippen molar-refractivity contribution in [2.75, 3.05) is 20.2 Å². The first-order chi connectivity index (χ1) is 47.7. The van der Waals surface area contributed by atoms with E-state index in [1.165, 1.54) is 62.6 Å². The summed E-state index contributed by atoms with van der Waals surface area (Å²) in [6.45, 7) is 5.25. The van der Waals surface area contributed by atoms with E-state index in [0.29, 0.717) is 0 Å². The minimum Gasteiger partial charge on any atom is -0.479 e. The summed E-state index contributed by atoms with van der Waals surface area (Å²) in [5.41, 5.74) is 10.7. The molecule has 8 unspecified atom stereocenters. The number of benzene rings is 1. The minimum absolute atomic E-state index is 0.0175.